The zero-order valence-corrected chi connectivity index (χ0v) is 21.1. The second kappa shape index (κ2) is 11.8. The Bertz CT molecular complexity index is 1200. The maximum atomic E-state index is 14.7. The zero-order valence-electron chi connectivity index (χ0n) is 20.3. The number of nitrogens with one attached hydrogen (secondary N) is 1. The van der Waals surface area contributed by atoms with Crippen LogP contribution in [0.3, 0.4) is 0 Å². The van der Waals surface area contributed by atoms with Gasteiger partial charge in [-0.1, -0.05) is 11.6 Å². The Kier molecular flexibility index (Phi) is 8.81. The third kappa shape index (κ3) is 8.19. The van der Waals surface area contributed by atoms with Gasteiger partial charge in [0.05, 0.1) is 35.6 Å². The molecule has 0 radical (unpaired) electrons. The highest BCUT2D eigenvalue weighted by atomic mass is 35.5. The molecule has 12 heteroatoms. The normalized spacial score (nSPS) is 12.1. The second-order valence-corrected chi connectivity index (χ2v) is 9.15. The minimum atomic E-state index is -0.703. The highest BCUT2D eigenvalue weighted by molar-refractivity contribution is 6.30. The van der Waals surface area contributed by atoms with E-state index in [4.69, 9.17) is 25.8 Å². The average Bonchev–Trinajstić information content (AvgIpc) is 3.23. The van der Waals surface area contributed by atoms with Crippen LogP contribution in [0.1, 0.15) is 39.8 Å². The Hall–Kier alpha value is -3.73. The summed E-state index contributed by atoms with van der Waals surface area (Å²) in [7, 11) is 0. The molecule has 1 unspecified atom stereocenters. The molecule has 0 bridgehead atoms. The van der Waals surface area contributed by atoms with Crippen molar-refractivity contribution in [2.24, 2.45) is 0 Å². The van der Waals surface area contributed by atoms with Gasteiger partial charge in [-0.05, 0) is 45.9 Å². The monoisotopic (exact) mass is 519 g/mol. The van der Waals surface area contributed by atoms with Crippen LogP contribution in [-0.2, 0) is 20.7 Å². The van der Waals surface area contributed by atoms with E-state index in [9.17, 15) is 14.0 Å². The van der Waals surface area contributed by atoms with E-state index < -0.39 is 29.5 Å². The summed E-state index contributed by atoms with van der Waals surface area (Å²) in [4.78, 5) is 29.5. The summed E-state index contributed by atoms with van der Waals surface area (Å²) in [5.41, 5.74) is 0.106. The molecule has 0 aliphatic carbocycles. The molecule has 36 heavy (non-hydrogen) atoms. The van der Waals surface area contributed by atoms with Crippen LogP contribution in [0.15, 0.2) is 42.7 Å². The van der Waals surface area contributed by atoms with Gasteiger partial charge in [0, 0.05) is 30.8 Å². The number of pyridine rings is 1. The summed E-state index contributed by atoms with van der Waals surface area (Å²) < 4.78 is 30.4. The number of carbonyl (C=O) groups excluding carboxylic acids is 2. The molecule has 3 aromatic rings. The highest BCUT2D eigenvalue weighted by Gasteiger charge is 2.23. The SMILES string of the molecule is CCOC(=O)CC(Cc1cnn(-c2ccc(Oc3ccc(Cl)cn3)c(F)c2)n1)NC(=O)OC(C)(C)C. The van der Waals surface area contributed by atoms with Crippen LogP contribution in [0.4, 0.5) is 9.18 Å². The fourth-order valence-electron chi connectivity index (χ4n) is 3.07. The number of hydrogen-bond donors (Lipinski definition) is 1. The van der Waals surface area contributed by atoms with Crippen LogP contribution in [0, 0.1) is 5.82 Å². The number of carbonyl (C=O) groups is 2. The topological polar surface area (TPSA) is 117 Å². The molecular weight excluding hydrogens is 493 g/mol. The second-order valence-electron chi connectivity index (χ2n) is 8.71. The van der Waals surface area contributed by atoms with Gasteiger partial charge in [0.1, 0.15) is 5.60 Å². The molecule has 2 aromatic heterocycles. The van der Waals surface area contributed by atoms with E-state index in [1.165, 1.54) is 35.4 Å². The lowest BCUT2D eigenvalue weighted by atomic mass is 10.1. The lowest BCUT2D eigenvalue weighted by Gasteiger charge is -2.23. The van der Waals surface area contributed by atoms with Crippen molar-refractivity contribution >= 4 is 23.7 Å². The van der Waals surface area contributed by atoms with Crippen molar-refractivity contribution in [3.8, 4) is 17.3 Å². The molecular formula is C24H27ClFN5O5. The standard InChI is InChI=1S/C24H27ClFN5O5/c1-5-34-22(32)11-16(29-23(33)36-24(2,3)4)10-17-14-28-31(30-17)18-7-8-20(19(26)12-18)35-21-9-6-15(25)13-27-21/h6-9,12-14,16H,5,10-11H2,1-4H3,(H,29,33). The Labute approximate surface area is 212 Å². The number of benzene rings is 1. The molecule has 1 atom stereocenters. The van der Waals surface area contributed by atoms with Crippen molar-refractivity contribution in [3.05, 3.63) is 59.3 Å². The molecule has 0 saturated heterocycles. The number of rotatable bonds is 9. The predicted octanol–water partition coefficient (Wildman–Crippen LogP) is 4.64. The lowest BCUT2D eigenvalue weighted by Crippen LogP contribution is -2.41. The summed E-state index contributed by atoms with van der Waals surface area (Å²) in [6, 6.07) is 6.67. The number of aromatic nitrogens is 4. The first-order valence-electron chi connectivity index (χ1n) is 11.2. The van der Waals surface area contributed by atoms with Gasteiger partial charge in [0.2, 0.25) is 5.88 Å². The smallest absolute Gasteiger partial charge is 0.407 e. The van der Waals surface area contributed by atoms with Crippen molar-refractivity contribution in [2.75, 3.05) is 6.61 Å². The summed E-state index contributed by atoms with van der Waals surface area (Å²) >= 11 is 5.80. The van der Waals surface area contributed by atoms with Crippen LogP contribution in [0.25, 0.3) is 5.69 Å². The van der Waals surface area contributed by atoms with Crippen molar-refractivity contribution in [3.63, 3.8) is 0 Å². The summed E-state index contributed by atoms with van der Waals surface area (Å²) in [5, 5.41) is 11.6. The maximum Gasteiger partial charge on any atom is 0.407 e. The molecule has 192 valence electrons. The van der Waals surface area contributed by atoms with Crippen LogP contribution < -0.4 is 10.1 Å². The van der Waals surface area contributed by atoms with Gasteiger partial charge in [-0.25, -0.2) is 14.2 Å². The van der Waals surface area contributed by atoms with E-state index in [1.54, 1.807) is 39.8 Å². The molecule has 2 heterocycles. The Balaban J connectivity index is 1.71. The highest BCUT2D eigenvalue weighted by Crippen LogP contribution is 2.25. The van der Waals surface area contributed by atoms with Gasteiger partial charge >= 0.3 is 12.1 Å². The predicted molar refractivity (Wildman–Crippen MR) is 129 cm³/mol. The molecule has 0 fully saturated rings. The van der Waals surface area contributed by atoms with Gasteiger partial charge in [-0.3, -0.25) is 4.79 Å². The van der Waals surface area contributed by atoms with Crippen LogP contribution >= 0.6 is 11.6 Å². The van der Waals surface area contributed by atoms with Crippen LogP contribution in [0.5, 0.6) is 11.6 Å². The number of halogens is 2. The van der Waals surface area contributed by atoms with E-state index in [2.05, 4.69) is 20.5 Å². The summed E-state index contributed by atoms with van der Waals surface area (Å²) in [6.07, 6.45) is 2.28. The van der Waals surface area contributed by atoms with E-state index in [-0.39, 0.29) is 31.1 Å². The van der Waals surface area contributed by atoms with Crippen LogP contribution in [-0.4, -0.2) is 50.3 Å². The van der Waals surface area contributed by atoms with Gasteiger partial charge in [-0.15, -0.1) is 0 Å². The first-order valence-corrected chi connectivity index (χ1v) is 11.6. The molecule has 1 N–H and O–H groups in total. The van der Waals surface area contributed by atoms with E-state index in [0.29, 0.717) is 16.4 Å². The van der Waals surface area contributed by atoms with Gasteiger partial charge < -0.3 is 19.5 Å². The third-order valence-corrected chi connectivity index (χ3v) is 4.72. The summed E-state index contributed by atoms with van der Waals surface area (Å²) in [5.74, 6) is -0.957. The molecule has 0 aliphatic rings. The largest absolute Gasteiger partial charge is 0.466 e. The maximum absolute atomic E-state index is 14.7. The van der Waals surface area contributed by atoms with Crippen molar-refractivity contribution in [2.45, 2.75) is 52.2 Å². The Morgan fingerprint density at radius 3 is 2.61 bits per heavy atom. The molecule has 10 nitrogen and oxygen atoms in total. The van der Waals surface area contributed by atoms with Crippen molar-refractivity contribution < 1.29 is 28.2 Å². The van der Waals surface area contributed by atoms with Gasteiger partial charge in [0.25, 0.3) is 0 Å². The van der Waals surface area contributed by atoms with E-state index >= 15 is 0 Å². The number of amides is 1. The number of nitrogens with zero attached hydrogens (tertiary/aromatic N) is 4. The molecule has 0 aliphatic heterocycles. The molecule has 1 amide bonds. The van der Waals surface area contributed by atoms with Crippen LogP contribution in [0.2, 0.25) is 5.02 Å². The first-order chi connectivity index (χ1) is 17.0. The molecule has 0 saturated carbocycles. The fourth-order valence-corrected chi connectivity index (χ4v) is 3.18. The van der Waals surface area contributed by atoms with Gasteiger partial charge in [-0.2, -0.15) is 15.0 Å². The quantitative estimate of drug-likeness (QED) is 0.406. The molecule has 1 aromatic carbocycles. The average molecular weight is 520 g/mol. The minimum Gasteiger partial charge on any atom is -0.466 e. The van der Waals surface area contributed by atoms with E-state index in [0.717, 1.165) is 0 Å². The minimum absolute atomic E-state index is 0.0305. The number of alkyl carbamates (subject to hydrolysis) is 1. The van der Waals surface area contributed by atoms with Gasteiger partial charge in [0.15, 0.2) is 11.6 Å². The summed E-state index contributed by atoms with van der Waals surface area (Å²) in [6.45, 7) is 7.12. The van der Waals surface area contributed by atoms with Crippen molar-refractivity contribution in [1.82, 2.24) is 25.3 Å². The number of esters is 1. The third-order valence-electron chi connectivity index (χ3n) is 4.50. The van der Waals surface area contributed by atoms with E-state index in [1.807, 2.05) is 0 Å². The number of ether oxygens (including phenoxy) is 3. The lowest BCUT2D eigenvalue weighted by molar-refractivity contribution is -0.143. The molecule has 0 spiro atoms. The Morgan fingerprint density at radius 2 is 1.97 bits per heavy atom. The zero-order chi connectivity index (χ0) is 26.3. The van der Waals surface area contributed by atoms with Crippen molar-refractivity contribution in [1.29, 1.82) is 0 Å². The Morgan fingerprint density at radius 1 is 1.19 bits per heavy atom. The number of hydrogen-bond acceptors (Lipinski definition) is 8. The fraction of sp³-hybridized carbons (Fsp3) is 0.375. The molecule has 3 rings (SSSR count). The first kappa shape index (κ1) is 26.9.